The molecule has 8 nitrogen and oxygen atoms in total. The highest BCUT2D eigenvalue weighted by Gasteiger charge is 2.22. The Morgan fingerprint density at radius 3 is 2.57 bits per heavy atom. The maximum Gasteiger partial charge on any atom is 0.218 e. The molecular formula is C21H26N6O2S. The Kier molecular flexibility index (Phi) is 9.48. The second kappa shape index (κ2) is 12.3. The predicted octanol–water partition coefficient (Wildman–Crippen LogP) is 3.69. The number of rotatable bonds is 7. The number of nitrogens with one attached hydrogen (secondary N) is 1. The normalized spacial score (nSPS) is 11.9. The van der Waals surface area contributed by atoms with Crippen LogP contribution in [0.2, 0.25) is 0 Å². The first-order valence-electron chi connectivity index (χ1n) is 9.41. The first kappa shape index (κ1) is 23.0. The Balaban J connectivity index is 0.000000269. The number of ether oxygens (including phenoxy) is 2. The van der Waals surface area contributed by atoms with Crippen LogP contribution in [0.4, 0.5) is 5.82 Å². The minimum absolute atomic E-state index is 0.615. The third-order valence-corrected chi connectivity index (χ3v) is 4.68. The molecule has 9 heteroatoms. The summed E-state index contributed by atoms with van der Waals surface area (Å²) in [4.78, 5) is 12.5. The van der Waals surface area contributed by atoms with Gasteiger partial charge >= 0.3 is 0 Å². The van der Waals surface area contributed by atoms with Crippen LogP contribution in [-0.4, -0.2) is 38.9 Å². The van der Waals surface area contributed by atoms with Gasteiger partial charge in [-0.15, -0.1) is 23.0 Å². The molecule has 1 fully saturated rings. The number of hydrogen-bond acceptors (Lipinski definition) is 9. The van der Waals surface area contributed by atoms with Crippen molar-refractivity contribution < 1.29 is 9.47 Å². The third kappa shape index (κ3) is 8.41. The van der Waals surface area contributed by atoms with Crippen LogP contribution in [0.5, 0.6) is 11.6 Å². The average Bonchev–Trinajstić information content (AvgIpc) is 3.52. The molecule has 0 bridgehead atoms. The summed E-state index contributed by atoms with van der Waals surface area (Å²) < 4.78 is 10.5. The van der Waals surface area contributed by atoms with E-state index in [4.69, 9.17) is 9.47 Å². The molecule has 0 unspecified atom stereocenters. The molecule has 158 valence electrons. The maximum absolute atomic E-state index is 5.69. The molecule has 3 aromatic rings. The van der Waals surface area contributed by atoms with Gasteiger partial charge in [0.05, 0.1) is 26.5 Å². The third-order valence-electron chi connectivity index (χ3n) is 3.84. The summed E-state index contributed by atoms with van der Waals surface area (Å²) in [6.07, 6.45) is 13.9. The predicted molar refractivity (Wildman–Crippen MR) is 118 cm³/mol. The van der Waals surface area contributed by atoms with Gasteiger partial charge in [-0.3, -0.25) is 4.98 Å². The molecule has 1 saturated carbocycles. The lowest BCUT2D eigenvalue weighted by molar-refractivity contribution is 0.287. The molecule has 0 amide bonds. The second-order valence-corrected chi connectivity index (χ2v) is 7.62. The Morgan fingerprint density at radius 2 is 2.00 bits per heavy atom. The van der Waals surface area contributed by atoms with Crippen molar-refractivity contribution in [1.82, 2.24) is 25.1 Å². The monoisotopic (exact) mass is 426 g/mol. The van der Waals surface area contributed by atoms with Gasteiger partial charge in [-0.25, -0.2) is 4.98 Å². The van der Waals surface area contributed by atoms with Crippen molar-refractivity contribution in [2.45, 2.75) is 33.2 Å². The number of nitrogens with zero attached hydrogens (tertiary/aromatic N) is 5. The van der Waals surface area contributed by atoms with Crippen LogP contribution >= 0.6 is 11.3 Å². The van der Waals surface area contributed by atoms with E-state index >= 15 is 0 Å². The van der Waals surface area contributed by atoms with E-state index in [1.54, 1.807) is 30.8 Å². The summed E-state index contributed by atoms with van der Waals surface area (Å²) in [6, 6.07) is 5.52. The number of pyridine rings is 1. The molecule has 3 heterocycles. The standard InChI is InChI=1S/C13H17N5OS.C6H7NO.C2H2/c1-8-15-11(14-6-13-18-17-9(2)20-13)5-12(16-8)19-7-10-3-4-10;1-8-6-3-2-4-7-5-6;1-2/h5,10H,3-4,6-7H2,1-2H3,(H,14,15,16);2-5H,1H3;1-2H. The number of aryl methyl sites for hydroxylation is 2. The molecule has 0 atom stereocenters. The van der Waals surface area contributed by atoms with Crippen molar-refractivity contribution >= 4 is 17.2 Å². The van der Waals surface area contributed by atoms with Crippen LogP contribution in [0.1, 0.15) is 28.7 Å². The smallest absolute Gasteiger partial charge is 0.218 e. The first-order chi connectivity index (χ1) is 14.6. The number of anilines is 1. The van der Waals surface area contributed by atoms with E-state index < -0.39 is 0 Å². The van der Waals surface area contributed by atoms with E-state index in [1.165, 1.54) is 12.8 Å². The van der Waals surface area contributed by atoms with Crippen LogP contribution in [0.25, 0.3) is 0 Å². The van der Waals surface area contributed by atoms with E-state index in [1.807, 2.05) is 32.0 Å². The molecule has 1 aliphatic rings. The van der Waals surface area contributed by atoms with Crippen LogP contribution in [0.3, 0.4) is 0 Å². The van der Waals surface area contributed by atoms with Gasteiger partial charge in [0.2, 0.25) is 5.88 Å². The molecule has 1 N–H and O–H groups in total. The van der Waals surface area contributed by atoms with Crippen LogP contribution < -0.4 is 14.8 Å². The minimum Gasteiger partial charge on any atom is -0.495 e. The molecule has 30 heavy (non-hydrogen) atoms. The second-order valence-electron chi connectivity index (χ2n) is 6.35. The Bertz CT molecular complexity index is 912. The Labute approximate surface area is 181 Å². The maximum atomic E-state index is 5.69. The molecular weight excluding hydrogens is 400 g/mol. The molecule has 0 aromatic carbocycles. The highest BCUT2D eigenvalue weighted by molar-refractivity contribution is 7.11. The lowest BCUT2D eigenvalue weighted by Crippen LogP contribution is -2.06. The summed E-state index contributed by atoms with van der Waals surface area (Å²) >= 11 is 1.58. The van der Waals surface area contributed by atoms with E-state index in [0.717, 1.165) is 28.2 Å². The number of hydrogen-bond donors (Lipinski definition) is 1. The largest absolute Gasteiger partial charge is 0.495 e. The summed E-state index contributed by atoms with van der Waals surface area (Å²) in [5.74, 6) is 3.62. The van der Waals surface area contributed by atoms with Crippen molar-refractivity contribution in [2.24, 2.45) is 5.92 Å². The summed E-state index contributed by atoms with van der Waals surface area (Å²) in [5.41, 5.74) is 0. The topological polar surface area (TPSA) is 94.9 Å². The van der Waals surface area contributed by atoms with Crippen molar-refractivity contribution in [1.29, 1.82) is 0 Å². The average molecular weight is 427 g/mol. The lowest BCUT2D eigenvalue weighted by atomic mass is 10.4. The lowest BCUT2D eigenvalue weighted by Gasteiger charge is -2.08. The first-order valence-corrected chi connectivity index (χ1v) is 10.2. The van der Waals surface area contributed by atoms with E-state index in [0.29, 0.717) is 24.2 Å². The molecule has 0 saturated heterocycles. The van der Waals surface area contributed by atoms with Gasteiger partial charge in [-0.2, -0.15) is 4.98 Å². The fourth-order valence-corrected chi connectivity index (χ4v) is 2.88. The van der Waals surface area contributed by atoms with Crippen molar-refractivity contribution in [3.8, 4) is 24.5 Å². The van der Waals surface area contributed by atoms with Gasteiger partial charge in [0.25, 0.3) is 0 Å². The van der Waals surface area contributed by atoms with Crippen molar-refractivity contribution in [3.63, 3.8) is 0 Å². The summed E-state index contributed by atoms with van der Waals surface area (Å²) in [7, 11) is 1.62. The fourth-order valence-electron chi connectivity index (χ4n) is 2.24. The molecule has 0 radical (unpaired) electrons. The molecule has 0 aliphatic heterocycles. The summed E-state index contributed by atoms with van der Waals surface area (Å²) in [5, 5.41) is 13.2. The van der Waals surface area contributed by atoms with Crippen LogP contribution in [0.15, 0.2) is 30.6 Å². The molecule has 1 aliphatic carbocycles. The molecule has 4 rings (SSSR count). The van der Waals surface area contributed by atoms with Crippen LogP contribution in [0, 0.1) is 32.6 Å². The van der Waals surface area contributed by atoms with Gasteiger partial charge in [-0.05, 0) is 44.7 Å². The van der Waals surface area contributed by atoms with E-state index in [-0.39, 0.29) is 0 Å². The molecule has 0 spiro atoms. The van der Waals surface area contributed by atoms with Gasteiger partial charge in [-0.1, -0.05) is 11.3 Å². The number of methoxy groups -OCH3 is 1. The zero-order chi connectivity index (χ0) is 21.8. The van der Waals surface area contributed by atoms with Crippen LogP contribution in [-0.2, 0) is 6.54 Å². The zero-order valence-corrected chi connectivity index (χ0v) is 18.2. The van der Waals surface area contributed by atoms with Gasteiger partial charge in [0.15, 0.2) is 0 Å². The number of aromatic nitrogens is 5. The fraction of sp³-hybridized carbons (Fsp3) is 0.381. The highest BCUT2D eigenvalue weighted by atomic mass is 32.1. The van der Waals surface area contributed by atoms with E-state index in [2.05, 4.69) is 43.3 Å². The van der Waals surface area contributed by atoms with Gasteiger partial charge < -0.3 is 14.8 Å². The highest BCUT2D eigenvalue weighted by Crippen LogP contribution is 2.29. The summed E-state index contributed by atoms with van der Waals surface area (Å²) in [6.45, 7) is 5.18. The Morgan fingerprint density at radius 1 is 1.20 bits per heavy atom. The van der Waals surface area contributed by atoms with Crippen molar-refractivity contribution in [2.75, 3.05) is 19.0 Å². The zero-order valence-electron chi connectivity index (χ0n) is 17.4. The van der Waals surface area contributed by atoms with Gasteiger partial charge in [0.1, 0.15) is 27.4 Å². The SMILES string of the molecule is C#C.COc1cccnc1.Cc1nc(NCc2nnc(C)s2)cc(OCC2CC2)n1. The minimum atomic E-state index is 0.615. The van der Waals surface area contributed by atoms with Crippen molar-refractivity contribution in [3.05, 3.63) is 46.4 Å². The van der Waals surface area contributed by atoms with E-state index in [9.17, 15) is 0 Å². The molecule has 3 aromatic heterocycles. The van der Waals surface area contributed by atoms with Gasteiger partial charge in [0, 0.05) is 12.3 Å². The Hall–Kier alpha value is -3.25. The quantitative estimate of drug-likeness (QED) is 0.572. The number of terminal acetylenes is 1.